The number of nitrogens with zero attached hydrogens (tertiary/aromatic N) is 7. The molecule has 0 spiro atoms. The Labute approximate surface area is 180 Å². The molecule has 4 heterocycles. The summed E-state index contributed by atoms with van der Waals surface area (Å²) in [5.41, 5.74) is 3.11. The highest BCUT2D eigenvalue weighted by molar-refractivity contribution is 5.73. The zero-order valence-corrected chi connectivity index (χ0v) is 19.2. The summed E-state index contributed by atoms with van der Waals surface area (Å²) in [5, 5.41) is 4.64. The van der Waals surface area contributed by atoms with Gasteiger partial charge in [-0.1, -0.05) is 0 Å². The molecule has 0 aromatic carbocycles. The normalized spacial score (nSPS) is 15.5. The Bertz CT molecular complexity index is 1240. The number of morpholine rings is 1. The summed E-state index contributed by atoms with van der Waals surface area (Å²) in [7, 11) is 1.67. The monoisotopic (exact) mass is 429 g/mol. The molecule has 4 rings (SSSR count). The molecule has 1 aliphatic heterocycles. The maximum Gasteiger partial charge on any atom is 0.332 e. The topological polar surface area (TPSA) is 92.1 Å². The standard InChI is InChI=1S/C21H31N7O3/c1-13(2)27-17-18(22-20(27)28-16(5)14(3)15(4)23-28)24(6)21(30)26(19(17)29)8-7-25-9-11-31-12-10-25/h13H,7-12H2,1-6H3. The van der Waals surface area contributed by atoms with Gasteiger partial charge >= 0.3 is 5.69 Å². The fraction of sp³-hybridized carbons (Fsp3) is 0.619. The van der Waals surface area contributed by atoms with Crippen molar-refractivity contribution in [2.45, 2.75) is 47.2 Å². The zero-order chi connectivity index (χ0) is 22.4. The van der Waals surface area contributed by atoms with Gasteiger partial charge in [0.05, 0.1) is 18.9 Å². The van der Waals surface area contributed by atoms with Crippen LogP contribution in [0.25, 0.3) is 17.1 Å². The van der Waals surface area contributed by atoms with E-state index in [0.717, 1.165) is 30.0 Å². The maximum atomic E-state index is 13.5. The summed E-state index contributed by atoms with van der Waals surface area (Å²) in [4.78, 5) is 33.5. The minimum absolute atomic E-state index is 0.0397. The van der Waals surface area contributed by atoms with Crippen molar-refractivity contribution in [1.29, 1.82) is 0 Å². The van der Waals surface area contributed by atoms with Crippen LogP contribution in [-0.2, 0) is 18.3 Å². The molecule has 3 aromatic heterocycles. The van der Waals surface area contributed by atoms with Crippen molar-refractivity contribution in [3.8, 4) is 5.95 Å². The number of imidazole rings is 1. The number of aromatic nitrogens is 6. The van der Waals surface area contributed by atoms with E-state index < -0.39 is 0 Å². The maximum absolute atomic E-state index is 13.5. The molecule has 10 heteroatoms. The lowest BCUT2D eigenvalue weighted by Crippen LogP contribution is -2.44. The van der Waals surface area contributed by atoms with Crippen LogP contribution >= 0.6 is 0 Å². The Morgan fingerprint density at radius 3 is 2.32 bits per heavy atom. The predicted octanol–water partition coefficient (Wildman–Crippen LogP) is 0.921. The summed E-state index contributed by atoms with van der Waals surface area (Å²) >= 11 is 0. The first-order valence-corrected chi connectivity index (χ1v) is 10.8. The van der Waals surface area contributed by atoms with Crippen molar-refractivity contribution in [1.82, 2.24) is 33.4 Å². The molecular weight excluding hydrogens is 398 g/mol. The first kappa shape index (κ1) is 21.5. The van der Waals surface area contributed by atoms with Gasteiger partial charge in [0.25, 0.3) is 5.56 Å². The van der Waals surface area contributed by atoms with Crippen molar-refractivity contribution in [3.05, 3.63) is 37.8 Å². The molecule has 3 aromatic rings. The molecule has 0 aliphatic carbocycles. The van der Waals surface area contributed by atoms with Gasteiger partial charge in [0, 0.05) is 45.0 Å². The second-order valence-corrected chi connectivity index (χ2v) is 8.51. The molecule has 10 nitrogen and oxygen atoms in total. The Morgan fingerprint density at radius 1 is 1.06 bits per heavy atom. The average Bonchev–Trinajstić information content (AvgIpc) is 3.27. The highest BCUT2D eigenvalue weighted by Gasteiger charge is 2.25. The first-order valence-electron chi connectivity index (χ1n) is 10.8. The van der Waals surface area contributed by atoms with Gasteiger partial charge in [0.15, 0.2) is 11.2 Å². The van der Waals surface area contributed by atoms with Gasteiger partial charge in [-0.25, -0.2) is 9.48 Å². The van der Waals surface area contributed by atoms with E-state index in [1.165, 1.54) is 9.13 Å². The van der Waals surface area contributed by atoms with Crippen LogP contribution in [0.5, 0.6) is 0 Å². The summed E-state index contributed by atoms with van der Waals surface area (Å²) in [6.45, 7) is 13.9. The van der Waals surface area contributed by atoms with E-state index >= 15 is 0 Å². The molecule has 0 N–H and O–H groups in total. The first-order chi connectivity index (χ1) is 14.7. The molecule has 0 amide bonds. The Balaban J connectivity index is 1.89. The van der Waals surface area contributed by atoms with Gasteiger partial charge in [-0.3, -0.25) is 23.4 Å². The van der Waals surface area contributed by atoms with E-state index in [9.17, 15) is 9.59 Å². The van der Waals surface area contributed by atoms with Gasteiger partial charge in [0.2, 0.25) is 5.95 Å². The molecule has 1 saturated heterocycles. The fourth-order valence-electron chi connectivity index (χ4n) is 4.15. The van der Waals surface area contributed by atoms with E-state index in [-0.39, 0.29) is 17.3 Å². The zero-order valence-electron chi connectivity index (χ0n) is 19.2. The quantitative estimate of drug-likeness (QED) is 0.599. The number of hydrogen-bond acceptors (Lipinski definition) is 6. The smallest absolute Gasteiger partial charge is 0.332 e. The van der Waals surface area contributed by atoms with E-state index in [4.69, 9.17) is 9.72 Å². The SMILES string of the molecule is Cc1nn(-c2nc3c(c(=O)n(CCN4CCOCC4)c(=O)n3C)n2C(C)C)c(C)c1C. The van der Waals surface area contributed by atoms with E-state index in [1.807, 2.05) is 39.2 Å². The van der Waals surface area contributed by atoms with Crippen molar-refractivity contribution in [2.24, 2.45) is 7.05 Å². The van der Waals surface area contributed by atoms with E-state index in [0.29, 0.717) is 43.4 Å². The largest absolute Gasteiger partial charge is 0.379 e. The molecule has 1 aliphatic rings. The third-order valence-electron chi connectivity index (χ3n) is 6.26. The van der Waals surface area contributed by atoms with Crippen molar-refractivity contribution in [2.75, 3.05) is 32.8 Å². The summed E-state index contributed by atoms with van der Waals surface area (Å²) in [6, 6.07) is -0.0397. The summed E-state index contributed by atoms with van der Waals surface area (Å²) in [5.74, 6) is 0.553. The number of rotatable bonds is 5. The van der Waals surface area contributed by atoms with E-state index in [1.54, 1.807) is 11.7 Å². The minimum Gasteiger partial charge on any atom is -0.379 e. The third-order valence-corrected chi connectivity index (χ3v) is 6.26. The fourth-order valence-corrected chi connectivity index (χ4v) is 4.15. The number of ether oxygens (including phenoxy) is 1. The Hall–Kier alpha value is -2.72. The summed E-state index contributed by atoms with van der Waals surface area (Å²) in [6.07, 6.45) is 0. The van der Waals surface area contributed by atoms with Gasteiger partial charge < -0.3 is 4.74 Å². The van der Waals surface area contributed by atoms with Crippen molar-refractivity contribution in [3.63, 3.8) is 0 Å². The lowest BCUT2D eigenvalue weighted by atomic mass is 10.2. The second-order valence-electron chi connectivity index (χ2n) is 8.51. The van der Waals surface area contributed by atoms with Crippen LogP contribution in [0.3, 0.4) is 0 Å². The van der Waals surface area contributed by atoms with Gasteiger partial charge in [-0.2, -0.15) is 10.1 Å². The number of fused-ring (bicyclic) bond motifs is 1. The van der Waals surface area contributed by atoms with Crippen LogP contribution < -0.4 is 11.2 Å². The van der Waals surface area contributed by atoms with Gasteiger partial charge in [-0.15, -0.1) is 0 Å². The molecule has 0 bridgehead atoms. The molecular formula is C21H31N7O3. The molecule has 0 radical (unpaired) electrons. The molecule has 1 fully saturated rings. The Morgan fingerprint density at radius 2 is 1.74 bits per heavy atom. The molecule has 31 heavy (non-hydrogen) atoms. The van der Waals surface area contributed by atoms with Crippen LogP contribution in [0.15, 0.2) is 9.59 Å². The average molecular weight is 430 g/mol. The van der Waals surface area contributed by atoms with Crippen LogP contribution in [0.4, 0.5) is 0 Å². The van der Waals surface area contributed by atoms with Crippen LogP contribution in [-0.4, -0.2) is 66.2 Å². The van der Waals surface area contributed by atoms with E-state index in [2.05, 4.69) is 10.00 Å². The van der Waals surface area contributed by atoms with Crippen molar-refractivity contribution < 1.29 is 4.74 Å². The third kappa shape index (κ3) is 3.53. The lowest BCUT2D eigenvalue weighted by molar-refractivity contribution is 0.0361. The minimum atomic E-state index is -0.352. The van der Waals surface area contributed by atoms with Crippen LogP contribution in [0, 0.1) is 20.8 Å². The van der Waals surface area contributed by atoms with Gasteiger partial charge in [-0.05, 0) is 40.2 Å². The predicted molar refractivity (Wildman–Crippen MR) is 118 cm³/mol. The molecule has 0 saturated carbocycles. The molecule has 0 unspecified atom stereocenters. The van der Waals surface area contributed by atoms with Crippen molar-refractivity contribution >= 4 is 11.2 Å². The van der Waals surface area contributed by atoms with Crippen LogP contribution in [0.2, 0.25) is 0 Å². The summed E-state index contributed by atoms with van der Waals surface area (Å²) < 4.78 is 11.8. The highest BCUT2D eigenvalue weighted by atomic mass is 16.5. The second kappa shape index (κ2) is 8.08. The molecule has 0 atom stereocenters. The molecule has 168 valence electrons. The number of hydrogen-bond donors (Lipinski definition) is 0. The highest BCUT2D eigenvalue weighted by Crippen LogP contribution is 2.23. The Kier molecular flexibility index (Phi) is 5.61. The van der Waals surface area contributed by atoms with Crippen LogP contribution in [0.1, 0.15) is 36.8 Å². The number of aryl methyl sites for hydroxylation is 2. The van der Waals surface area contributed by atoms with Gasteiger partial charge in [0.1, 0.15) is 0 Å². The lowest BCUT2D eigenvalue weighted by Gasteiger charge is -2.26.